The minimum Gasteiger partial charge on any atom is -0.504 e. The molecule has 0 radical (unpaired) electrons. The number of esters is 5. The SMILES string of the molecule is Cc1cc(C(=O)OC2OC(COC(=O)c3cc(O)c(O)c(O)c3)C(OC(=O)c3cc(O)c(O)c(O)c3)C(OC(=O)c3cc(O)c(O)c(O)c3)C2OC(=O)c2cc(O)c(O)c(O)c2)cc(O)c1O. The first-order chi connectivity index (χ1) is 31.4. The molecule has 5 atom stereocenters. The van der Waals surface area contributed by atoms with Gasteiger partial charge in [0.1, 0.15) is 12.7 Å². The summed E-state index contributed by atoms with van der Waals surface area (Å²) in [7, 11) is 0. The van der Waals surface area contributed by atoms with Gasteiger partial charge in [0.15, 0.2) is 92.7 Å². The predicted octanol–water partition coefficient (Wildman–Crippen LogP) is 2.29. The number of carbonyl (C=O) groups is 5. The van der Waals surface area contributed by atoms with E-state index in [1.807, 2.05) is 0 Å². The summed E-state index contributed by atoms with van der Waals surface area (Å²) in [6, 6.07) is 6.39. The molecule has 25 nitrogen and oxygen atoms in total. The smallest absolute Gasteiger partial charge is 0.340 e. The van der Waals surface area contributed by atoms with Crippen LogP contribution in [0.25, 0.3) is 0 Å². The molecule has 67 heavy (non-hydrogen) atoms. The van der Waals surface area contributed by atoms with Crippen molar-refractivity contribution in [2.45, 2.75) is 37.6 Å². The van der Waals surface area contributed by atoms with Crippen LogP contribution in [0.5, 0.6) is 80.5 Å². The number of aryl methyl sites for hydroxylation is 1. The molecule has 14 N–H and O–H groups in total. The van der Waals surface area contributed by atoms with Crippen LogP contribution in [-0.4, -0.2) is 139 Å². The standard InChI is InChI=1S/C42H34O25/c1-13-2-14(3-19(43)29(13)52)41(61)67-42-36(66-40(60)18-10-26(50)33(56)27(51)11-18)35(65-39(59)17-8-24(48)32(55)25(49)9-17)34(64-38(58)16-6-22(46)31(54)23(47)7-16)28(63-42)12-62-37(57)15-4-20(44)30(53)21(45)5-15/h2-11,28,34-36,42-56H,12H2,1H3. The zero-order valence-corrected chi connectivity index (χ0v) is 33.6. The highest BCUT2D eigenvalue weighted by molar-refractivity contribution is 5.94. The summed E-state index contributed by atoms with van der Waals surface area (Å²) in [4.78, 5) is 68.7. The Morgan fingerprint density at radius 3 is 1.03 bits per heavy atom. The fourth-order valence-corrected chi connectivity index (χ4v) is 6.27. The van der Waals surface area contributed by atoms with E-state index in [0.29, 0.717) is 54.6 Å². The maximum absolute atomic E-state index is 13.9. The molecule has 1 aliphatic heterocycles. The first-order valence-corrected chi connectivity index (χ1v) is 18.6. The third kappa shape index (κ3) is 9.75. The van der Waals surface area contributed by atoms with Crippen LogP contribution in [0.2, 0.25) is 0 Å². The molecule has 5 aromatic rings. The summed E-state index contributed by atoms with van der Waals surface area (Å²) in [5.74, 6) is -22.2. The molecule has 0 aliphatic carbocycles. The van der Waals surface area contributed by atoms with Crippen LogP contribution in [0.1, 0.15) is 57.4 Å². The van der Waals surface area contributed by atoms with Gasteiger partial charge < -0.3 is 99.9 Å². The van der Waals surface area contributed by atoms with E-state index >= 15 is 0 Å². The summed E-state index contributed by atoms with van der Waals surface area (Å²) in [5.41, 5.74) is -3.61. The van der Waals surface area contributed by atoms with Gasteiger partial charge in [0.05, 0.1) is 27.8 Å². The summed E-state index contributed by atoms with van der Waals surface area (Å²) < 4.78 is 33.5. The first kappa shape index (κ1) is 47.1. The second-order valence-electron chi connectivity index (χ2n) is 14.3. The van der Waals surface area contributed by atoms with Crippen molar-refractivity contribution in [3.05, 3.63) is 94.0 Å². The third-order valence-corrected chi connectivity index (χ3v) is 9.66. The average Bonchev–Trinajstić information content (AvgIpc) is 3.27. The fraction of sp³-hybridized carbons (Fsp3) is 0.167. The lowest BCUT2D eigenvalue weighted by Gasteiger charge is -2.43. The normalized spacial score (nSPS) is 17.7. The topological polar surface area (TPSA) is 424 Å². The summed E-state index contributed by atoms with van der Waals surface area (Å²) in [6.07, 6.45) is -12.0. The van der Waals surface area contributed by atoms with E-state index in [2.05, 4.69) is 0 Å². The molecule has 1 aliphatic rings. The van der Waals surface area contributed by atoms with E-state index in [1.165, 1.54) is 6.92 Å². The highest BCUT2D eigenvalue weighted by atomic mass is 16.7. The largest absolute Gasteiger partial charge is 0.504 e. The number of benzene rings is 5. The van der Waals surface area contributed by atoms with Crippen LogP contribution in [0.15, 0.2) is 60.7 Å². The Labute approximate surface area is 372 Å². The summed E-state index contributed by atoms with van der Waals surface area (Å²) >= 11 is 0. The van der Waals surface area contributed by atoms with Crippen molar-refractivity contribution in [3.8, 4) is 80.5 Å². The van der Waals surface area contributed by atoms with Crippen molar-refractivity contribution in [2.24, 2.45) is 0 Å². The number of phenols is 14. The Hall–Kier alpha value is -9.39. The molecule has 1 fully saturated rings. The number of rotatable bonds is 11. The van der Waals surface area contributed by atoms with Crippen molar-refractivity contribution in [3.63, 3.8) is 0 Å². The molecular weight excluding hydrogens is 904 g/mol. The second kappa shape index (κ2) is 18.4. The van der Waals surface area contributed by atoms with Gasteiger partial charge in [-0.15, -0.1) is 0 Å². The number of aromatic hydroxyl groups is 14. The zero-order chi connectivity index (χ0) is 49.3. The van der Waals surface area contributed by atoms with Gasteiger partial charge in [0.2, 0.25) is 12.4 Å². The van der Waals surface area contributed by atoms with Gasteiger partial charge in [-0.2, -0.15) is 0 Å². The average molecular weight is 939 g/mol. The number of ether oxygens (including phenoxy) is 6. The third-order valence-electron chi connectivity index (χ3n) is 9.66. The molecule has 5 unspecified atom stereocenters. The second-order valence-corrected chi connectivity index (χ2v) is 14.3. The molecule has 0 bridgehead atoms. The molecule has 1 saturated heterocycles. The number of phenolic OH excluding ortho intramolecular Hbond substituents is 14. The number of hydrogen-bond acceptors (Lipinski definition) is 25. The van der Waals surface area contributed by atoms with Crippen molar-refractivity contribution in [1.29, 1.82) is 0 Å². The maximum Gasteiger partial charge on any atom is 0.340 e. The minimum absolute atomic E-state index is 0.0898. The lowest BCUT2D eigenvalue weighted by Crippen LogP contribution is -2.63. The molecule has 0 spiro atoms. The van der Waals surface area contributed by atoms with E-state index in [4.69, 9.17) is 28.4 Å². The van der Waals surface area contributed by atoms with E-state index in [0.717, 1.165) is 6.07 Å². The molecule has 25 heteroatoms. The van der Waals surface area contributed by atoms with Gasteiger partial charge in [-0.25, -0.2) is 24.0 Å². The van der Waals surface area contributed by atoms with Crippen molar-refractivity contribution in [2.75, 3.05) is 6.61 Å². The van der Waals surface area contributed by atoms with Crippen molar-refractivity contribution >= 4 is 29.8 Å². The fourth-order valence-electron chi connectivity index (χ4n) is 6.27. The highest BCUT2D eigenvalue weighted by Crippen LogP contribution is 2.41. The van der Waals surface area contributed by atoms with Gasteiger partial charge in [-0.3, -0.25) is 0 Å². The summed E-state index contributed by atoms with van der Waals surface area (Å²) in [6.45, 7) is 0.0442. The lowest BCUT2D eigenvalue weighted by atomic mass is 9.97. The first-order valence-electron chi connectivity index (χ1n) is 18.6. The van der Waals surface area contributed by atoms with E-state index in [1.54, 1.807) is 0 Å². The molecule has 5 aromatic carbocycles. The highest BCUT2D eigenvalue weighted by Gasteiger charge is 2.55. The van der Waals surface area contributed by atoms with Crippen LogP contribution in [0.3, 0.4) is 0 Å². The molecule has 352 valence electrons. The van der Waals surface area contributed by atoms with E-state index in [9.17, 15) is 95.5 Å². The Bertz CT molecular complexity index is 2720. The van der Waals surface area contributed by atoms with Gasteiger partial charge in [0, 0.05) is 0 Å². The number of carbonyl (C=O) groups excluding carboxylic acids is 5. The van der Waals surface area contributed by atoms with Crippen LogP contribution < -0.4 is 0 Å². The van der Waals surface area contributed by atoms with Crippen LogP contribution in [0, 0.1) is 6.92 Å². The van der Waals surface area contributed by atoms with Gasteiger partial charge >= 0.3 is 29.8 Å². The van der Waals surface area contributed by atoms with E-state index in [-0.39, 0.29) is 5.56 Å². The molecular formula is C42H34O25. The minimum atomic E-state index is -2.48. The Balaban J connectivity index is 1.52. The van der Waals surface area contributed by atoms with Crippen molar-refractivity contribution in [1.82, 2.24) is 0 Å². The van der Waals surface area contributed by atoms with Crippen LogP contribution in [0.4, 0.5) is 0 Å². The van der Waals surface area contributed by atoms with Gasteiger partial charge in [0.25, 0.3) is 0 Å². The quantitative estimate of drug-likeness (QED) is 0.0513. The summed E-state index contributed by atoms with van der Waals surface area (Å²) in [5, 5.41) is 141. The zero-order valence-electron chi connectivity index (χ0n) is 33.6. The molecule has 0 aromatic heterocycles. The lowest BCUT2D eigenvalue weighted by molar-refractivity contribution is -0.282. The predicted molar refractivity (Wildman–Crippen MR) is 212 cm³/mol. The monoisotopic (exact) mass is 938 g/mol. The van der Waals surface area contributed by atoms with Gasteiger partial charge in [-0.05, 0) is 73.2 Å². The molecule has 0 amide bonds. The Kier molecular flexibility index (Phi) is 12.9. The van der Waals surface area contributed by atoms with Crippen LogP contribution >= 0.6 is 0 Å². The molecule has 0 saturated carbocycles. The Morgan fingerprint density at radius 2 is 0.672 bits per heavy atom. The maximum atomic E-state index is 13.9. The van der Waals surface area contributed by atoms with E-state index < -0.39 is 175 Å². The number of hydrogen-bond donors (Lipinski definition) is 14. The molecule has 1 heterocycles. The molecule has 6 rings (SSSR count). The van der Waals surface area contributed by atoms with Crippen LogP contribution in [-0.2, 0) is 28.4 Å². The van der Waals surface area contributed by atoms with Crippen molar-refractivity contribution < 1.29 is 124 Å². The van der Waals surface area contributed by atoms with Gasteiger partial charge in [-0.1, -0.05) is 0 Å². The Morgan fingerprint density at radius 1 is 0.388 bits per heavy atom.